The molecular weight excluding hydrogens is 390 g/mol. The largest absolute Gasteiger partial charge is 0.490 e. The van der Waals surface area contributed by atoms with Crippen molar-refractivity contribution in [3.63, 3.8) is 0 Å². The number of nitrogens with two attached hydrogens (primary N) is 1. The predicted octanol–water partition coefficient (Wildman–Crippen LogP) is 2.77. The molecule has 0 atom stereocenters. The number of ether oxygens (including phenoxy) is 1. The average molecular weight is 413 g/mol. The van der Waals surface area contributed by atoms with Crippen LogP contribution in [0.5, 0.6) is 5.75 Å². The van der Waals surface area contributed by atoms with Crippen LogP contribution < -0.4 is 10.5 Å². The number of aromatic nitrogens is 5. The number of hydrogen-bond acceptors (Lipinski definition) is 8. The lowest BCUT2D eigenvalue weighted by Crippen LogP contribution is -2.14. The predicted molar refractivity (Wildman–Crippen MR) is 110 cm³/mol. The van der Waals surface area contributed by atoms with Crippen molar-refractivity contribution in [2.45, 2.75) is 34.2 Å². The van der Waals surface area contributed by atoms with Crippen LogP contribution in [0.25, 0.3) is 22.8 Å². The molecule has 30 heavy (non-hydrogen) atoms. The molecular formula is C19H23N7O4. The van der Waals surface area contributed by atoms with Gasteiger partial charge in [-0.1, -0.05) is 13.8 Å². The van der Waals surface area contributed by atoms with E-state index in [1.807, 2.05) is 33.8 Å². The highest BCUT2D eigenvalue weighted by Crippen LogP contribution is 2.36. The summed E-state index contributed by atoms with van der Waals surface area (Å²) < 4.78 is 6.80. The van der Waals surface area contributed by atoms with Crippen LogP contribution in [0.2, 0.25) is 0 Å². The second-order valence-electron chi connectivity index (χ2n) is 5.81. The minimum Gasteiger partial charge on any atom is -0.490 e. The Hall–Kier alpha value is -3.89. The Labute approximate surface area is 173 Å². The number of hydrogen-bond donors (Lipinski definition) is 1. The number of methoxy groups -OCH3 is 1. The Kier molecular flexibility index (Phi) is 7.13. The van der Waals surface area contributed by atoms with Gasteiger partial charge in [-0.25, -0.2) is 15.0 Å². The molecule has 3 aromatic heterocycles. The lowest BCUT2D eigenvalue weighted by Gasteiger charge is -2.09. The van der Waals surface area contributed by atoms with E-state index in [1.54, 1.807) is 4.68 Å². The van der Waals surface area contributed by atoms with Gasteiger partial charge in [0, 0.05) is 30.6 Å². The van der Waals surface area contributed by atoms with Crippen molar-refractivity contribution in [2.75, 3.05) is 7.11 Å². The summed E-state index contributed by atoms with van der Waals surface area (Å²) in [6, 6.07) is 2.97. The third kappa shape index (κ3) is 4.40. The summed E-state index contributed by atoms with van der Waals surface area (Å²) in [7, 11) is 1.25. The monoisotopic (exact) mass is 413 g/mol. The summed E-state index contributed by atoms with van der Waals surface area (Å²) in [5, 5.41) is 15.9. The van der Waals surface area contributed by atoms with E-state index >= 15 is 0 Å². The Morgan fingerprint density at radius 1 is 1.27 bits per heavy atom. The zero-order valence-corrected chi connectivity index (χ0v) is 17.4. The summed E-state index contributed by atoms with van der Waals surface area (Å²) in [5.74, 6) is -0.561. The minimum absolute atomic E-state index is 0.107. The van der Waals surface area contributed by atoms with E-state index in [2.05, 4.69) is 20.1 Å². The van der Waals surface area contributed by atoms with Crippen LogP contribution in [0.4, 0.5) is 5.69 Å². The van der Waals surface area contributed by atoms with Crippen LogP contribution in [-0.2, 0) is 6.54 Å². The van der Waals surface area contributed by atoms with Gasteiger partial charge in [0.2, 0.25) is 5.75 Å². The first-order valence-electron chi connectivity index (χ1n) is 9.26. The van der Waals surface area contributed by atoms with Crippen molar-refractivity contribution in [3.8, 4) is 28.5 Å². The smallest absolute Gasteiger partial charge is 0.337 e. The fraction of sp³-hybridized carbons (Fsp3) is 0.316. The molecule has 0 aromatic carbocycles. The molecule has 3 aromatic rings. The molecule has 1 amide bonds. The highest BCUT2D eigenvalue weighted by Gasteiger charge is 2.27. The molecule has 0 saturated carbocycles. The van der Waals surface area contributed by atoms with Gasteiger partial charge in [-0.05, 0) is 19.9 Å². The number of nitrogens with zero attached hydrogens (tertiary/aromatic N) is 6. The first-order chi connectivity index (χ1) is 14.3. The molecule has 0 saturated heterocycles. The molecule has 0 bridgehead atoms. The summed E-state index contributed by atoms with van der Waals surface area (Å²) in [6.45, 7) is 8.44. The van der Waals surface area contributed by atoms with Gasteiger partial charge < -0.3 is 10.5 Å². The van der Waals surface area contributed by atoms with Crippen LogP contribution in [-0.4, -0.2) is 42.7 Å². The maximum absolute atomic E-state index is 11.5. The SMILES string of the molecule is CC.CCn1nc(C)cc1-c1ncc(-c2nc(C(N)=O)cc(OC)c2[N+](=O)[O-])cn1. The van der Waals surface area contributed by atoms with Crippen LogP contribution in [0.3, 0.4) is 0 Å². The number of nitro groups is 1. The van der Waals surface area contributed by atoms with Crippen LogP contribution >= 0.6 is 0 Å². The van der Waals surface area contributed by atoms with Crippen molar-refractivity contribution in [1.82, 2.24) is 24.7 Å². The zero-order valence-electron chi connectivity index (χ0n) is 17.4. The topological polar surface area (TPSA) is 152 Å². The number of primary amides is 1. The van der Waals surface area contributed by atoms with Crippen LogP contribution in [0.15, 0.2) is 24.5 Å². The maximum atomic E-state index is 11.5. The molecule has 0 fully saturated rings. The van der Waals surface area contributed by atoms with E-state index in [0.29, 0.717) is 12.4 Å². The second-order valence-corrected chi connectivity index (χ2v) is 5.81. The number of amides is 1. The highest BCUT2D eigenvalue weighted by atomic mass is 16.6. The van der Waals surface area contributed by atoms with E-state index in [9.17, 15) is 14.9 Å². The molecule has 0 spiro atoms. The van der Waals surface area contributed by atoms with Gasteiger partial charge in [0.15, 0.2) is 11.5 Å². The van der Waals surface area contributed by atoms with Crippen LogP contribution in [0, 0.1) is 17.0 Å². The minimum atomic E-state index is -0.839. The van der Waals surface area contributed by atoms with Gasteiger partial charge >= 0.3 is 5.69 Å². The number of carbonyl (C=O) groups excluding carboxylic acids is 1. The van der Waals surface area contributed by atoms with Gasteiger partial charge in [0.25, 0.3) is 5.91 Å². The van der Waals surface area contributed by atoms with Crippen molar-refractivity contribution in [1.29, 1.82) is 0 Å². The first-order valence-corrected chi connectivity index (χ1v) is 9.26. The van der Waals surface area contributed by atoms with Crippen molar-refractivity contribution < 1.29 is 14.5 Å². The lowest BCUT2D eigenvalue weighted by atomic mass is 10.1. The Balaban J connectivity index is 0.00000155. The second kappa shape index (κ2) is 9.54. The van der Waals surface area contributed by atoms with E-state index in [0.717, 1.165) is 17.5 Å². The number of rotatable bonds is 6. The molecule has 11 heteroatoms. The summed E-state index contributed by atoms with van der Waals surface area (Å²) in [6.07, 6.45) is 2.79. The molecule has 3 heterocycles. The van der Waals surface area contributed by atoms with Gasteiger partial charge in [-0.3, -0.25) is 19.6 Å². The van der Waals surface area contributed by atoms with Crippen molar-refractivity contribution in [3.05, 3.63) is 46.0 Å². The van der Waals surface area contributed by atoms with E-state index in [-0.39, 0.29) is 22.7 Å². The molecule has 0 aliphatic heterocycles. The van der Waals surface area contributed by atoms with Gasteiger partial charge in [-0.15, -0.1) is 0 Å². The fourth-order valence-corrected chi connectivity index (χ4v) is 2.72. The Morgan fingerprint density at radius 2 is 1.90 bits per heavy atom. The van der Waals surface area contributed by atoms with Crippen molar-refractivity contribution in [2.24, 2.45) is 5.73 Å². The number of aryl methyl sites for hydroxylation is 2. The lowest BCUT2D eigenvalue weighted by molar-refractivity contribution is -0.385. The number of carbonyl (C=O) groups is 1. The molecule has 0 aliphatic rings. The molecule has 0 radical (unpaired) electrons. The third-order valence-electron chi connectivity index (χ3n) is 3.97. The molecule has 3 rings (SSSR count). The van der Waals surface area contributed by atoms with E-state index in [1.165, 1.54) is 19.5 Å². The van der Waals surface area contributed by atoms with Gasteiger partial charge in [0.05, 0.1) is 17.7 Å². The standard InChI is InChI=1S/C17H17N7O4.C2H6/c1-4-23-12(5-9(2)22-23)17-19-7-10(8-20-17)14-15(24(26)27)13(28-3)6-11(21-14)16(18)25;1-2/h5-8H,4H2,1-3H3,(H2,18,25);1-2H3. The van der Waals surface area contributed by atoms with Gasteiger partial charge in [0.1, 0.15) is 11.4 Å². The Bertz CT molecular complexity index is 1060. The Morgan fingerprint density at radius 3 is 2.40 bits per heavy atom. The van der Waals surface area contributed by atoms with Crippen molar-refractivity contribution >= 4 is 11.6 Å². The molecule has 0 aliphatic carbocycles. The molecule has 11 nitrogen and oxygen atoms in total. The zero-order chi connectivity index (χ0) is 22.4. The van der Waals surface area contributed by atoms with Crippen LogP contribution in [0.1, 0.15) is 37.0 Å². The number of pyridine rings is 1. The first kappa shape index (κ1) is 22.4. The average Bonchev–Trinajstić information content (AvgIpc) is 3.14. The van der Waals surface area contributed by atoms with E-state index in [4.69, 9.17) is 10.5 Å². The van der Waals surface area contributed by atoms with Gasteiger partial charge in [-0.2, -0.15) is 5.10 Å². The summed E-state index contributed by atoms with van der Waals surface area (Å²) in [5.41, 5.74) is 6.39. The third-order valence-corrected chi connectivity index (χ3v) is 3.97. The summed E-state index contributed by atoms with van der Waals surface area (Å²) >= 11 is 0. The molecule has 2 N–H and O–H groups in total. The summed E-state index contributed by atoms with van der Waals surface area (Å²) in [4.78, 5) is 35.0. The quantitative estimate of drug-likeness (QED) is 0.478. The highest BCUT2D eigenvalue weighted by molar-refractivity contribution is 5.93. The van der Waals surface area contributed by atoms with E-state index < -0.39 is 16.5 Å². The normalized spacial score (nSPS) is 10.2. The molecule has 0 unspecified atom stereocenters. The maximum Gasteiger partial charge on any atom is 0.337 e. The fourth-order valence-electron chi connectivity index (χ4n) is 2.72. The molecule has 158 valence electrons.